The molecule has 0 saturated heterocycles. The van der Waals surface area contributed by atoms with Gasteiger partial charge in [-0.3, -0.25) is 0 Å². The Balaban J connectivity index is -0.0000000360. The Kier molecular flexibility index (Phi) is 2050. The zero-order valence-electron chi connectivity index (χ0n) is 4.33. The molecule has 0 fully saturated rings. The highest BCUT2D eigenvalue weighted by Crippen LogP contribution is 1.38. The van der Waals surface area contributed by atoms with E-state index in [2.05, 4.69) is 19.7 Å². The number of hydrogen-bond acceptors (Lipinski definition) is 2. The van der Waals surface area contributed by atoms with Gasteiger partial charge < -0.3 is 0 Å². The fourth-order valence-electron chi connectivity index (χ4n) is 0. The number of allylic oxidation sites excluding steroid dienone is 1. The van der Waals surface area contributed by atoms with Gasteiger partial charge in [-0.05, 0) is 6.92 Å². The standard InChI is InChI=1S/C3H6.2CHN/c1-3-2;2*1-2/h3H,1H2,2H3;2*1H. The smallest absolute Gasteiger partial charge is 0.0462 e. The molecule has 0 bridgehead atoms. The molecular formula is C5H8N2. The van der Waals surface area contributed by atoms with Crippen LogP contribution in [0.3, 0.4) is 0 Å². The summed E-state index contributed by atoms with van der Waals surface area (Å²) < 4.78 is 0. The molecule has 0 saturated carbocycles. The van der Waals surface area contributed by atoms with Crippen molar-refractivity contribution in [3.63, 3.8) is 0 Å². The maximum Gasteiger partial charge on any atom is 0.0462 e. The lowest BCUT2D eigenvalue weighted by Crippen LogP contribution is -1.07. The van der Waals surface area contributed by atoms with Crippen molar-refractivity contribution in [2.24, 2.45) is 0 Å². The van der Waals surface area contributed by atoms with Crippen LogP contribution in [0.1, 0.15) is 6.92 Å². The first-order valence-electron chi connectivity index (χ1n) is 1.50. The van der Waals surface area contributed by atoms with Crippen LogP contribution in [0.5, 0.6) is 0 Å². The van der Waals surface area contributed by atoms with Gasteiger partial charge in [0.25, 0.3) is 0 Å². The minimum atomic E-state index is 1.75. The zero-order valence-corrected chi connectivity index (χ0v) is 4.33. The van der Waals surface area contributed by atoms with Crippen molar-refractivity contribution in [1.29, 1.82) is 10.5 Å². The van der Waals surface area contributed by atoms with Crippen LogP contribution in [0.25, 0.3) is 0 Å². The lowest BCUT2D eigenvalue weighted by atomic mass is 10.8. The van der Waals surface area contributed by atoms with Crippen molar-refractivity contribution >= 4 is 0 Å². The molecule has 0 radical (unpaired) electrons. The number of rotatable bonds is 0. The summed E-state index contributed by atoms with van der Waals surface area (Å²) in [4.78, 5) is 0. The second-order valence-corrected chi connectivity index (χ2v) is 0.408. The Hall–Kier alpha value is -1.28. The molecule has 0 aromatic carbocycles. The summed E-state index contributed by atoms with van der Waals surface area (Å²) >= 11 is 0. The van der Waals surface area contributed by atoms with Crippen molar-refractivity contribution in [1.82, 2.24) is 0 Å². The maximum atomic E-state index is 6.50. The van der Waals surface area contributed by atoms with E-state index in [-0.39, 0.29) is 0 Å². The fourth-order valence-corrected chi connectivity index (χ4v) is 0. The molecule has 0 N–H and O–H groups in total. The van der Waals surface area contributed by atoms with Crippen LogP contribution in [-0.2, 0) is 0 Å². The van der Waals surface area contributed by atoms with Crippen LogP contribution in [0.15, 0.2) is 12.7 Å². The Morgan fingerprint density at radius 2 is 1.29 bits per heavy atom. The summed E-state index contributed by atoms with van der Waals surface area (Å²) in [5.41, 5.74) is 0. The first-order valence-corrected chi connectivity index (χ1v) is 1.50. The molecule has 2 nitrogen and oxygen atoms in total. The van der Waals surface area contributed by atoms with Crippen molar-refractivity contribution in [3.8, 4) is 13.1 Å². The molecule has 0 atom stereocenters. The van der Waals surface area contributed by atoms with Crippen LogP contribution in [0.4, 0.5) is 0 Å². The lowest BCUT2D eigenvalue weighted by molar-refractivity contribution is 1.58. The predicted molar refractivity (Wildman–Crippen MR) is 29.2 cm³/mol. The molecule has 0 unspecified atom stereocenters. The highest BCUT2D eigenvalue weighted by atomic mass is 14.2. The summed E-state index contributed by atoms with van der Waals surface area (Å²) in [6.45, 7) is 12.2. The maximum absolute atomic E-state index is 6.50. The van der Waals surface area contributed by atoms with Crippen molar-refractivity contribution in [2.45, 2.75) is 6.92 Å². The third-order valence-electron chi connectivity index (χ3n) is 0. The normalized spacial score (nSPS) is 2.43. The SMILES string of the molecule is C#N.C#N.C=CC. The van der Waals surface area contributed by atoms with Gasteiger partial charge in [0.05, 0.1) is 0 Å². The van der Waals surface area contributed by atoms with E-state index < -0.39 is 0 Å². The Morgan fingerprint density at radius 1 is 1.29 bits per heavy atom. The topological polar surface area (TPSA) is 47.6 Å². The molecule has 0 rings (SSSR count). The number of nitriles is 2. The molecular weight excluding hydrogens is 88.1 g/mol. The van der Waals surface area contributed by atoms with E-state index in [0.717, 1.165) is 0 Å². The summed E-state index contributed by atoms with van der Waals surface area (Å²) in [7, 11) is 0. The van der Waals surface area contributed by atoms with Gasteiger partial charge in [-0.1, -0.05) is 6.08 Å². The van der Waals surface area contributed by atoms with Crippen molar-refractivity contribution < 1.29 is 0 Å². The monoisotopic (exact) mass is 96.1 g/mol. The van der Waals surface area contributed by atoms with Crippen LogP contribution in [0.2, 0.25) is 0 Å². The number of nitrogens with zero attached hydrogens (tertiary/aromatic N) is 2. The molecule has 0 amide bonds. The summed E-state index contributed by atoms with van der Waals surface area (Å²) in [5, 5.41) is 13.0. The third kappa shape index (κ3) is 21.3. The summed E-state index contributed by atoms with van der Waals surface area (Å²) in [5.74, 6) is 0. The van der Waals surface area contributed by atoms with Gasteiger partial charge in [0.1, 0.15) is 0 Å². The van der Waals surface area contributed by atoms with E-state index in [9.17, 15) is 0 Å². The molecule has 0 heterocycles. The van der Waals surface area contributed by atoms with Crippen LogP contribution < -0.4 is 0 Å². The summed E-state index contributed by atoms with van der Waals surface area (Å²) in [6, 6.07) is 0. The number of hydrogen-bond donors (Lipinski definition) is 0. The molecule has 0 aliphatic heterocycles. The highest BCUT2D eigenvalue weighted by Gasteiger charge is 1.15. The molecule has 0 aliphatic carbocycles. The summed E-state index contributed by atoms with van der Waals surface area (Å²) in [6.07, 6.45) is 1.75. The largest absolute Gasteiger partial charge is 0.202 e. The zero-order chi connectivity index (χ0) is 6.71. The average Bonchev–Trinajstić information content (AvgIpc) is 1.78. The van der Waals surface area contributed by atoms with Gasteiger partial charge in [-0.2, -0.15) is 0 Å². The highest BCUT2D eigenvalue weighted by molar-refractivity contribution is 4.51. The van der Waals surface area contributed by atoms with Gasteiger partial charge >= 0.3 is 0 Å². The van der Waals surface area contributed by atoms with E-state index >= 15 is 0 Å². The van der Waals surface area contributed by atoms with Crippen LogP contribution >= 0.6 is 0 Å². The minimum absolute atomic E-state index is 1.75. The van der Waals surface area contributed by atoms with E-state index in [0.29, 0.717) is 0 Å². The van der Waals surface area contributed by atoms with Crippen molar-refractivity contribution in [3.05, 3.63) is 12.7 Å². The van der Waals surface area contributed by atoms with Crippen LogP contribution in [-0.4, -0.2) is 0 Å². The Morgan fingerprint density at radius 3 is 1.29 bits per heavy atom. The third-order valence-corrected chi connectivity index (χ3v) is 0. The predicted octanol–water partition coefficient (Wildman–Crippen LogP) is 1.47. The van der Waals surface area contributed by atoms with Gasteiger partial charge in [-0.25, -0.2) is 10.5 Å². The molecule has 7 heavy (non-hydrogen) atoms. The quantitative estimate of drug-likeness (QED) is 0.429. The first kappa shape index (κ1) is 17.2. The minimum Gasteiger partial charge on any atom is -0.202 e. The average molecular weight is 96.1 g/mol. The van der Waals surface area contributed by atoms with Gasteiger partial charge in [0.2, 0.25) is 0 Å². The lowest BCUT2D eigenvalue weighted by Gasteiger charge is -1.31. The Labute approximate surface area is 44.3 Å². The van der Waals surface area contributed by atoms with Crippen LogP contribution in [0, 0.1) is 23.7 Å². The molecule has 38 valence electrons. The van der Waals surface area contributed by atoms with E-state index in [1.165, 1.54) is 0 Å². The van der Waals surface area contributed by atoms with Gasteiger partial charge in [-0.15, -0.1) is 6.58 Å². The first-order chi connectivity index (χ1) is 3.41. The molecule has 0 spiro atoms. The van der Waals surface area contributed by atoms with E-state index in [4.69, 9.17) is 10.5 Å². The fraction of sp³-hybridized carbons (Fsp3) is 0.200. The van der Waals surface area contributed by atoms with Gasteiger partial charge in [0, 0.05) is 13.1 Å². The van der Waals surface area contributed by atoms with E-state index in [1.807, 2.05) is 6.92 Å². The van der Waals surface area contributed by atoms with E-state index in [1.54, 1.807) is 6.08 Å². The Bertz CT molecular complexity index is 45.6. The van der Waals surface area contributed by atoms with Crippen molar-refractivity contribution in [2.75, 3.05) is 0 Å². The molecule has 0 aromatic heterocycles. The molecule has 0 aromatic rings. The second-order valence-electron chi connectivity index (χ2n) is 0.408. The molecule has 2 heteroatoms. The van der Waals surface area contributed by atoms with Gasteiger partial charge in [0.15, 0.2) is 0 Å². The second kappa shape index (κ2) is 833. The molecule has 0 aliphatic rings.